The molecule has 2 aromatic rings. The van der Waals surface area contributed by atoms with E-state index < -0.39 is 9.84 Å². The first-order valence-corrected chi connectivity index (χ1v) is 8.77. The van der Waals surface area contributed by atoms with Crippen LogP contribution in [-0.2, 0) is 16.3 Å². The fraction of sp³-hybridized carbons (Fsp3) is 0.294. The fourth-order valence-corrected chi connectivity index (χ4v) is 4.01. The van der Waals surface area contributed by atoms with Crippen LogP contribution in [0.15, 0.2) is 53.4 Å². The predicted molar refractivity (Wildman–Crippen MR) is 87.0 cm³/mol. The van der Waals surface area contributed by atoms with Crippen LogP contribution in [0.2, 0.25) is 0 Å². The van der Waals surface area contributed by atoms with Gasteiger partial charge >= 0.3 is 0 Å². The van der Waals surface area contributed by atoms with Gasteiger partial charge < -0.3 is 5.73 Å². The Hall–Kier alpha value is -1.81. The van der Waals surface area contributed by atoms with Gasteiger partial charge in [-0.25, -0.2) is 8.42 Å². The molecule has 21 heavy (non-hydrogen) atoms. The van der Waals surface area contributed by atoms with Crippen LogP contribution in [0.5, 0.6) is 0 Å². The van der Waals surface area contributed by atoms with Crippen molar-refractivity contribution >= 4 is 15.5 Å². The quantitative estimate of drug-likeness (QED) is 0.657. The molecule has 0 saturated heterocycles. The molecule has 3 nitrogen and oxygen atoms in total. The molecule has 0 atom stereocenters. The normalized spacial score (nSPS) is 11.5. The van der Waals surface area contributed by atoms with E-state index in [1.165, 1.54) is 5.56 Å². The summed E-state index contributed by atoms with van der Waals surface area (Å²) in [7, 11) is -3.25. The molecule has 0 unspecified atom stereocenters. The van der Waals surface area contributed by atoms with Crippen LogP contribution < -0.4 is 5.73 Å². The van der Waals surface area contributed by atoms with Gasteiger partial charge in [0, 0.05) is 5.69 Å². The second-order valence-corrected chi connectivity index (χ2v) is 7.36. The highest BCUT2D eigenvalue weighted by Gasteiger charge is 2.16. The molecule has 2 aromatic carbocycles. The molecule has 0 bridgehead atoms. The monoisotopic (exact) mass is 303 g/mol. The van der Waals surface area contributed by atoms with Crippen molar-refractivity contribution in [3.05, 3.63) is 59.7 Å². The van der Waals surface area contributed by atoms with Crippen LogP contribution in [0.3, 0.4) is 0 Å². The Morgan fingerprint density at radius 1 is 1.00 bits per heavy atom. The van der Waals surface area contributed by atoms with Crippen LogP contribution in [0, 0.1) is 6.92 Å². The number of nitrogen functional groups attached to an aromatic ring is 1. The van der Waals surface area contributed by atoms with E-state index >= 15 is 0 Å². The summed E-state index contributed by atoms with van der Waals surface area (Å²) >= 11 is 0. The van der Waals surface area contributed by atoms with Gasteiger partial charge in [0.25, 0.3) is 0 Å². The summed E-state index contributed by atoms with van der Waals surface area (Å²) in [6.45, 7) is 1.80. The minimum Gasteiger partial charge on any atom is -0.399 e. The van der Waals surface area contributed by atoms with Gasteiger partial charge in [-0.15, -0.1) is 0 Å². The predicted octanol–water partition coefficient (Wildman–Crippen LogP) is 3.37. The van der Waals surface area contributed by atoms with E-state index in [0.717, 1.165) is 18.4 Å². The van der Waals surface area contributed by atoms with E-state index in [0.29, 0.717) is 17.0 Å². The zero-order chi connectivity index (χ0) is 15.3. The van der Waals surface area contributed by atoms with E-state index in [9.17, 15) is 8.42 Å². The summed E-state index contributed by atoms with van der Waals surface area (Å²) in [5, 5.41) is 0. The molecule has 0 saturated carbocycles. The number of rotatable bonds is 6. The first-order chi connectivity index (χ1) is 9.99. The molecule has 2 rings (SSSR count). The van der Waals surface area contributed by atoms with Crippen LogP contribution in [-0.4, -0.2) is 14.2 Å². The van der Waals surface area contributed by atoms with Crippen LogP contribution in [0.1, 0.15) is 24.0 Å². The Balaban J connectivity index is 1.94. The molecule has 0 aliphatic carbocycles. The second-order valence-electron chi connectivity index (χ2n) is 5.29. The zero-order valence-corrected chi connectivity index (χ0v) is 13.1. The number of anilines is 1. The molecule has 2 N–H and O–H groups in total. The van der Waals surface area contributed by atoms with Gasteiger partial charge in [-0.1, -0.05) is 36.4 Å². The molecule has 0 fully saturated rings. The number of unbranched alkanes of at least 4 members (excludes halogenated alkanes) is 1. The van der Waals surface area contributed by atoms with Crippen molar-refractivity contribution in [3.63, 3.8) is 0 Å². The van der Waals surface area contributed by atoms with Crippen molar-refractivity contribution < 1.29 is 8.42 Å². The maximum atomic E-state index is 12.4. The maximum Gasteiger partial charge on any atom is 0.178 e. The van der Waals surface area contributed by atoms with Gasteiger partial charge in [0.15, 0.2) is 9.84 Å². The van der Waals surface area contributed by atoms with Gasteiger partial charge in [0.1, 0.15) is 0 Å². The number of sulfone groups is 1. The van der Waals surface area contributed by atoms with Crippen molar-refractivity contribution in [3.8, 4) is 0 Å². The van der Waals surface area contributed by atoms with E-state index in [-0.39, 0.29) is 5.75 Å². The molecule has 112 valence electrons. The lowest BCUT2D eigenvalue weighted by molar-refractivity contribution is 0.591. The summed E-state index contributed by atoms with van der Waals surface area (Å²) in [5.74, 6) is 0.171. The first-order valence-electron chi connectivity index (χ1n) is 7.12. The molecular formula is C17H21NO2S. The Morgan fingerprint density at radius 3 is 2.43 bits per heavy atom. The Labute approximate surface area is 126 Å². The van der Waals surface area contributed by atoms with Gasteiger partial charge in [-0.05, 0) is 49.4 Å². The minimum atomic E-state index is -3.25. The van der Waals surface area contributed by atoms with Gasteiger partial charge in [0.05, 0.1) is 10.6 Å². The van der Waals surface area contributed by atoms with Crippen molar-refractivity contribution in [1.82, 2.24) is 0 Å². The lowest BCUT2D eigenvalue weighted by atomic mass is 10.1. The lowest BCUT2D eigenvalue weighted by Crippen LogP contribution is -2.09. The average Bonchev–Trinajstić information content (AvgIpc) is 2.47. The number of benzene rings is 2. The standard InChI is InChI=1S/C17H21NO2S/c1-14-10-11-16(18)13-17(14)21(19,20)12-6-5-9-15-7-3-2-4-8-15/h2-4,7-8,10-11,13H,5-6,9,12,18H2,1H3. The molecule has 0 aliphatic heterocycles. The largest absolute Gasteiger partial charge is 0.399 e. The maximum absolute atomic E-state index is 12.4. The van der Waals surface area contributed by atoms with E-state index in [1.807, 2.05) is 18.2 Å². The molecule has 0 heterocycles. The SMILES string of the molecule is Cc1ccc(N)cc1S(=O)(=O)CCCCc1ccccc1. The molecular weight excluding hydrogens is 282 g/mol. The topological polar surface area (TPSA) is 60.2 Å². The summed E-state index contributed by atoms with van der Waals surface area (Å²) < 4.78 is 24.7. The van der Waals surface area contributed by atoms with Crippen LogP contribution in [0.25, 0.3) is 0 Å². The highest BCUT2D eigenvalue weighted by Crippen LogP contribution is 2.20. The van der Waals surface area contributed by atoms with Crippen molar-refractivity contribution in [2.24, 2.45) is 0 Å². The van der Waals surface area contributed by atoms with Crippen LogP contribution >= 0.6 is 0 Å². The summed E-state index contributed by atoms with van der Waals surface area (Å²) in [5.41, 5.74) is 8.18. The molecule has 0 aromatic heterocycles. The number of hydrogen-bond donors (Lipinski definition) is 1. The Bertz CT molecular complexity index is 694. The number of aryl methyl sites for hydroxylation is 2. The van der Waals surface area contributed by atoms with Gasteiger partial charge in [-0.2, -0.15) is 0 Å². The number of hydrogen-bond acceptors (Lipinski definition) is 3. The minimum absolute atomic E-state index is 0.171. The molecule has 0 aliphatic rings. The summed E-state index contributed by atoms with van der Waals surface area (Å²) in [6.07, 6.45) is 2.43. The van der Waals surface area contributed by atoms with E-state index in [2.05, 4.69) is 12.1 Å². The average molecular weight is 303 g/mol. The van der Waals surface area contributed by atoms with Crippen LogP contribution in [0.4, 0.5) is 5.69 Å². The van der Waals surface area contributed by atoms with Crippen molar-refractivity contribution in [1.29, 1.82) is 0 Å². The zero-order valence-electron chi connectivity index (χ0n) is 12.2. The third-order valence-corrected chi connectivity index (χ3v) is 5.45. The smallest absolute Gasteiger partial charge is 0.178 e. The molecule has 0 amide bonds. The van der Waals surface area contributed by atoms with Crippen molar-refractivity contribution in [2.45, 2.75) is 31.1 Å². The first kappa shape index (κ1) is 15.6. The van der Waals surface area contributed by atoms with Gasteiger partial charge in [-0.3, -0.25) is 0 Å². The third kappa shape index (κ3) is 4.33. The molecule has 0 radical (unpaired) electrons. The fourth-order valence-electron chi connectivity index (χ4n) is 2.33. The van der Waals surface area contributed by atoms with Crippen molar-refractivity contribution in [2.75, 3.05) is 11.5 Å². The second kappa shape index (κ2) is 6.76. The number of nitrogens with two attached hydrogens (primary N) is 1. The Kier molecular flexibility index (Phi) is 5.02. The van der Waals surface area contributed by atoms with E-state index in [4.69, 9.17) is 5.73 Å². The molecule has 0 spiro atoms. The Morgan fingerprint density at radius 2 is 1.71 bits per heavy atom. The highest BCUT2D eigenvalue weighted by molar-refractivity contribution is 7.91. The van der Waals surface area contributed by atoms with Gasteiger partial charge in [0.2, 0.25) is 0 Å². The molecule has 4 heteroatoms. The lowest BCUT2D eigenvalue weighted by Gasteiger charge is -2.08. The third-order valence-electron chi connectivity index (χ3n) is 3.52. The summed E-state index contributed by atoms with van der Waals surface area (Å²) in [6, 6.07) is 15.2. The van der Waals surface area contributed by atoms with E-state index in [1.54, 1.807) is 25.1 Å². The highest BCUT2D eigenvalue weighted by atomic mass is 32.2. The summed E-state index contributed by atoms with van der Waals surface area (Å²) in [4.78, 5) is 0.363.